The molecule has 0 spiro atoms. The highest BCUT2D eigenvalue weighted by Crippen LogP contribution is 2.28. The number of thiazole rings is 1. The quantitative estimate of drug-likeness (QED) is 0.495. The Kier molecular flexibility index (Phi) is 4.64. The van der Waals surface area contributed by atoms with Crippen LogP contribution in [0.2, 0.25) is 0 Å². The summed E-state index contributed by atoms with van der Waals surface area (Å²) in [5.74, 6) is -0.100. The molecule has 0 fully saturated rings. The molecule has 1 atom stereocenters. The molecule has 0 saturated carbocycles. The van der Waals surface area contributed by atoms with Gasteiger partial charge in [-0.3, -0.25) is 9.78 Å². The third-order valence-corrected chi connectivity index (χ3v) is 5.67. The van der Waals surface area contributed by atoms with E-state index in [1.54, 1.807) is 35.6 Å². The molecule has 1 amide bonds. The molecule has 4 rings (SSSR count). The number of fused-ring (bicyclic) bond motifs is 2. The summed E-state index contributed by atoms with van der Waals surface area (Å²) in [6, 6.07) is 15.6. The summed E-state index contributed by atoms with van der Waals surface area (Å²) in [6.45, 7) is 1.99. The minimum absolute atomic E-state index is 0.100. The maximum atomic E-state index is 12.6. The molecule has 0 radical (unpaired) electrons. The van der Waals surface area contributed by atoms with Gasteiger partial charge in [0.15, 0.2) is 0 Å². The van der Waals surface area contributed by atoms with Gasteiger partial charge in [-0.2, -0.15) is 0 Å². The first-order valence-electron chi connectivity index (χ1n) is 8.64. The first-order chi connectivity index (χ1) is 13.1. The molecule has 0 saturated heterocycles. The molecular formula is C21H18N4OS. The molecule has 2 aromatic heterocycles. The van der Waals surface area contributed by atoms with Crippen molar-refractivity contribution < 1.29 is 4.79 Å². The molecule has 4 aromatic rings. The minimum atomic E-state index is -0.109. The third-order valence-electron chi connectivity index (χ3n) is 4.46. The van der Waals surface area contributed by atoms with E-state index >= 15 is 0 Å². The van der Waals surface area contributed by atoms with Gasteiger partial charge in [-0.15, -0.1) is 11.3 Å². The van der Waals surface area contributed by atoms with E-state index < -0.39 is 0 Å². The van der Waals surface area contributed by atoms with Crippen LogP contribution in [-0.4, -0.2) is 32.8 Å². The number of carbonyl (C=O) groups excluding carboxylic acids is 1. The maximum Gasteiger partial charge on any atom is 0.246 e. The van der Waals surface area contributed by atoms with E-state index in [1.165, 1.54) is 6.08 Å². The SMILES string of the molecule is CC(c1nc2ccccc2s1)N(C)C(=O)/C=C/c1cnc2ccccc2n1. The van der Waals surface area contributed by atoms with Gasteiger partial charge in [-0.05, 0) is 37.3 Å². The van der Waals surface area contributed by atoms with Crippen LogP contribution < -0.4 is 0 Å². The van der Waals surface area contributed by atoms with E-state index in [-0.39, 0.29) is 11.9 Å². The van der Waals surface area contributed by atoms with Crippen LogP contribution in [0.15, 0.2) is 60.8 Å². The number of benzene rings is 2. The number of carbonyl (C=O) groups is 1. The van der Waals surface area contributed by atoms with Crippen molar-refractivity contribution in [3.05, 3.63) is 71.5 Å². The highest BCUT2D eigenvalue weighted by molar-refractivity contribution is 7.18. The van der Waals surface area contributed by atoms with Crippen LogP contribution in [0, 0.1) is 0 Å². The first kappa shape index (κ1) is 17.3. The summed E-state index contributed by atoms with van der Waals surface area (Å²) in [5, 5.41) is 0.922. The lowest BCUT2D eigenvalue weighted by atomic mass is 10.2. The average Bonchev–Trinajstić information content (AvgIpc) is 3.15. The number of rotatable bonds is 4. The predicted molar refractivity (Wildman–Crippen MR) is 109 cm³/mol. The van der Waals surface area contributed by atoms with E-state index in [2.05, 4.69) is 15.0 Å². The zero-order valence-electron chi connectivity index (χ0n) is 15.0. The molecule has 0 aliphatic carbocycles. The Morgan fingerprint density at radius 3 is 2.52 bits per heavy atom. The van der Waals surface area contributed by atoms with Crippen LogP contribution in [0.4, 0.5) is 0 Å². The van der Waals surface area contributed by atoms with Gasteiger partial charge in [0.2, 0.25) is 5.91 Å². The van der Waals surface area contributed by atoms with Crippen molar-refractivity contribution in [2.24, 2.45) is 0 Å². The van der Waals surface area contributed by atoms with Crippen LogP contribution >= 0.6 is 11.3 Å². The Morgan fingerprint density at radius 2 is 1.74 bits per heavy atom. The number of para-hydroxylation sites is 3. The number of likely N-dealkylation sites (N-methyl/N-ethyl adjacent to an activating group) is 1. The lowest BCUT2D eigenvalue weighted by Gasteiger charge is -2.21. The van der Waals surface area contributed by atoms with Crippen LogP contribution in [0.1, 0.15) is 23.7 Å². The van der Waals surface area contributed by atoms with E-state index in [0.29, 0.717) is 5.69 Å². The highest BCUT2D eigenvalue weighted by atomic mass is 32.1. The summed E-state index contributed by atoms with van der Waals surface area (Å²) in [7, 11) is 1.79. The number of aromatic nitrogens is 3. The summed E-state index contributed by atoms with van der Waals surface area (Å²) in [5.41, 5.74) is 3.26. The normalized spacial score (nSPS) is 12.7. The van der Waals surface area contributed by atoms with Gasteiger partial charge in [0.05, 0.1) is 39.2 Å². The highest BCUT2D eigenvalue weighted by Gasteiger charge is 2.19. The standard InChI is InChI=1S/C21H18N4OS/c1-14(21-24-18-9-5-6-10-19(18)27-21)25(2)20(26)12-11-15-13-22-16-7-3-4-8-17(16)23-15/h3-14H,1-2H3/b12-11+. The molecule has 0 bridgehead atoms. The summed E-state index contributed by atoms with van der Waals surface area (Å²) in [6.07, 6.45) is 4.90. The molecule has 6 heteroatoms. The predicted octanol–water partition coefficient (Wildman–Crippen LogP) is 4.47. The van der Waals surface area contributed by atoms with Crippen LogP contribution in [-0.2, 0) is 4.79 Å². The van der Waals surface area contributed by atoms with E-state index in [9.17, 15) is 4.79 Å². The number of hydrogen-bond donors (Lipinski definition) is 0. The fourth-order valence-electron chi connectivity index (χ4n) is 2.75. The second kappa shape index (κ2) is 7.25. The smallest absolute Gasteiger partial charge is 0.246 e. The lowest BCUT2D eigenvalue weighted by molar-refractivity contribution is -0.126. The first-order valence-corrected chi connectivity index (χ1v) is 9.45. The molecule has 2 aromatic carbocycles. The maximum absolute atomic E-state index is 12.6. The number of nitrogens with zero attached hydrogens (tertiary/aromatic N) is 4. The Hall–Kier alpha value is -3.12. The Bertz CT molecular complexity index is 1120. The molecule has 0 aliphatic rings. The number of amides is 1. The van der Waals surface area contributed by atoms with E-state index in [1.807, 2.05) is 55.5 Å². The Labute approximate surface area is 161 Å². The molecule has 2 heterocycles. The molecule has 27 heavy (non-hydrogen) atoms. The fraction of sp³-hybridized carbons (Fsp3) is 0.143. The monoisotopic (exact) mass is 374 g/mol. The topological polar surface area (TPSA) is 59.0 Å². The molecular weight excluding hydrogens is 356 g/mol. The van der Waals surface area contributed by atoms with Crippen LogP contribution in [0.5, 0.6) is 0 Å². The van der Waals surface area contributed by atoms with Crippen molar-refractivity contribution >= 4 is 44.6 Å². The largest absolute Gasteiger partial charge is 0.333 e. The Balaban J connectivity index is 1.51. The van der Waals surface area contributed by atoms with Crippen molar-refractivity contribution in [2.75, 3.05) is 7.05 Å². The van der Waals surface area contributed by atoms with Gasteiger partial charge < -0.3 is 4.90 Å². The van der Waals surface area contributed by atoms with Crippen LogP contribution in [0.25, 0.3) is 27.3 Å². The second-order valence-electron chi connectivity index (χ2n) is 6.26. The average molecular weight is 374 g/mol. The van der Waals surface area contributed by atoms with Crippen molar-refractivity contribution in [2.45, 2.75) is 13.0 Å². The fourth-order valence-corrected chi connectivity index (χ4v) is 3.81. The molecule has 0 N–H and O–H groups in total. The minimum Gasteiger partial charge on any atom is -0.333 e. The zero-order chi connectivity index (χ0) is 18.8. The Morgan fingerprint density at radius 1 is 1.04 bits per heavy atom. The van der Waals surface area contributed by atoms with Gasteiger partial charge in [-0.1, -0.05) is 24.3 Å². The number of hydrogen-bond acceptors (Lipinski definition) is 5. The van der Waals surface area contributed by atoms with Crippen molar-refractivity contribution in [3.8, 4) is 0 Å². The molecule has 1 unspecified atom stereocenters. The van der Waals surface area contributed by atoms with Crippen molar-refractivity contribution in [1.82, 2.24) is 19.9 Å². The van der Waals surface area contributed by atoms with E-state index in [0.717, 1.165) is 26.3 Å². The van der Waals surface area contributed by atoms with Gasteiger partial charge in [0, 0.05) is 13.1 Å². The van der Waals surface area contributed by atoms with Crippen LogP contribution in [0.3, 0.4) is 0 Å². The molecule has 5 nitrogen and oxygen atoms in total. The van der Waals surface area contributed by atoms with Gasteiger partial charge in [-0.25, -0.2) is 9.97 Å². The lowest BCUT2D eigenvalue weighted by Crippen LogP contribution is -2.27. The van der Waals surface area contributed by atoms with Gasteiger partial charge in [0.1, 0.15) is 5.01 Å². The van der Waals surface area contributed by atoms with E-state index in [4.69, 9.17) is 0 Å². The zero-order valence-corrected chi connectivity index (χ0v) is 15.9. The van der Waals surface area contributed by atoms with Crippen molar-refractivity contribution in [3.63, 3.8) is 0 Å². The second-order valence-corrected chi connectivity index (χ2v) is 7.32. The van der Waals surface area contributed by atoms with Gasteiger partial charge in [0.25, 0.3) is 0 Å². The third kappa shape index (κ3) is 3.57. The molecule has 134 valence electrons. The van der Waals surface area contributed by atoms with Crippen molar-refractivity contribution in [1.29, 1.82) is 0 Å². The molecule has 0 aliphatic heterocycles. The summed E-state index contributed by atoms with van der Waals surface area (Å²) < 4.78 is 1.13. The summed E-state index contributed by atoms with van der Waals surface area (Å²) in [4.78, 5) is 27.8. The summed E-state index contributed by atoms with van der Waals surface area (Å²) >= 11 is 1.62. The van der Waals surface area contributed by atoms with Gasteiger partial charge >= 0.3 is 0 Å².